The average Bonchev–Trinajstić information content (AvgIpc) is 2.98. The topological polar surface area (TPSA) is 61.0 Å². The second-order valence-corrected chi connectivity index (χ2v) is 7.21. The molecule has 2 heterocycles. The first-order valence-corrected chi connectivity index (χ1v) is 8.73. The largest absolute Gasteiger partial charge is 0.308 e. The molecule has 1 amide bonds. The molecule has 2 aromatic rings. The summed E-state index contributed by atoms with van der Waals surface area (Å²) in [6, 6.07) is 10.4. The normalized spacial score (nSPS) is 15.1. The van der Waals surface area contributed by atoms with E-state index in [-0.39, 0.29) is 11.8 Å². The summed E-state index contributed by atoms with van der Waals surface area (Å²) in [6.07, 6.45) is 0.871. The highest BCUT2D eigenvalue weighted by Gasteiger charge is 2.29. The number of nitrogens with zero attached hydrogens (tertiary/aromatic N) is 2. The lowest BCUT2D eigenvalue weighted by molar-refractivity contribution is -0.123. The molecule has 3 rings (SSSR count). The fraction of sp³-hybridized carbons (Fsp3) is 0.444. The lowest BCUT2D eigenvalue weighted by atomic mass is 9.95. The maximum Gasteiger partial charge on any atom is 0.232 e. The summed E-state index contributed by atoms with van der Waals surface area (Å²) in [7, 11) is 0. The van der Waals surface area contributed by atoms with Gasteiger partial charge in [0.2, 0.25) is 5.91 Å². The number of nitrogens with one attached hydrogen (secondary N) is 2. The van der Waals surface area contributed by atoms with Gasteiger partial charge in [-0.15, -0.1) is 11.6 Å². The van der Waals surface area contributed by atoms with Crippen molar-refractivity contribution in [3.8, 4) is 0 Å². The monoisotopic (exact) mass is 346 g/mol. The Balaban J connectivity index is 1.67. The molecule has 6 heteroatoms. The summed E-state index contributed by atoms with van der Waals surface area (Å²) >= 11 is 5.87. The molecule has 1 aromatic heterocycles. The second-order valence-electron chi connectivity index (χ2n) is 6.95. The first kappa shape index (κ1) is 17.0. The zero-order valence-electron chi connectivity index (χ0n) is 14.1. The van der Waals surface area contributed by atoms with Crippen LogP contribution in [0, 0.1) is 5.41 Å². The summed E-state index contributed by atoms with van der Waals surface area (Å²) in [5.41, 5.74) is 2.88. The van der Waals surface area contributed by atoms with Crippen LogP contribution in [0.25, 0.3) is 0 Å². The Kier molecular flexibility index (Phi) is 4.92. The number of hydrogen-bond donors (Lipinski definition) is 2. The predicted molar refractivity (Wildman–Crippen MR) is 96.0 cm³/mol. The van der Waals surface area contributed by atoms with Crippen LogP contribution in [-0.4, -0.2) is 33.4 Å². The number of fused-ring (bicyclic) bond motifs is 1. The molecule has 0 atom stereocenters. The fourth-order valence-electron chi connectivity index (χ4n) is 2.79. The van der Waals surface area contributed by atoms with E-state index < -0.39 is 5.41 Å². The molecule has 0 fully saturated rings. The zero-order valence-corrected chi connectivity index (χ0v) is 14.9. The number of carbonyl (C=O) groups is 1. The van der Waals surface area contributed by atoms with Crippen molar-refractivity contribution in [2.24, 2.45) is 5.41 Å². The summed E-state index contributed by atoms with van der Waals surface area (Å²) in [5, 5.41) is 10.3. The molecule has 0 bridgehead atoms. The van der Waals surface area contributed by atoms with Crippen molar-refractivity contribution in [2.75, 3.05) is 17.7 Å². The number of amides is 1. The molecule has 2 N–H and O–H groups in total. The van der Waals surface area contributed by atoms with Crippen molar-refractivity contribution in [3.63, 3.8) is 0 Å². The minimum Gasteiger partial charge on any atom is -0.308 e. The van der Waals surface area contributed by atoms with E-state index in [1.54, 1.807) is 0 Å². The Labute approximate surface area is 147 Å². The second kappa shape index (κ2) is 6.95. The molecule has 5 nitrogen and oxygen atoms in total. The molecular weight excluding hydrogens is 324 g/mol. The Bertz CT molecular complexity index is 711. The van der Waals surface area contributed by atoms with E-state index in [1.165, 1.54) is 5.56 Å². The van der Waals surface area contributed by atoms with E-state index in [0.717, 1.165) is 37.3 Å². The summed E-state index contributed by atoms with van der Waals surface area (Å²) in [5.74, 6) is 0.821. The first-order valence-electron chi connectivity index (χ1n) is 8.19. The molecule has 0 spiro atoms. The molecule has 1 aromatic carbocycles. The number of H-pyrrole nitrogens is 1. The van der Waals surface area contributed by atoms with Gasteiger partial charge in [-0.2, -0.15) is 5.10 Å². The number of benzene rings is 1. The third-order valence-electron chi connectivity index (χ3n) is 4.44. The number of aromatic amines is 1. The minimum atomic E-state index is -0.610. The predicted octanol–water partition coefficient (Wildman–Crippen LogP) is 3.17. The standard InChI is InChI=1S/C18H23ClN4O/c1-18(2,12-19)17(24)20-16-14-8-9-23(11-15(14)21-22-16)10-13-6-4-3-5-7-13/h3-7H,8-12H2,1-2H3,(H2,20,21,22,24). The van der Waals surface area contributed by atoms with Crippen LogP contribution in [0.2, 0.25) is 0 Å². The van der Waals surface area contributed by atoms with Gasteiger partial charge in [0, 0.05) is 31.1 Å². The van der Waals surface area contributed by atoms with E-state index >= 15 is 0 Å². The number of alkyl halides is 1. The molecule has 1 aliphatic heterocycles. The number of anilines is 1. The maximum absolute atomic E-state index is 12.3. The SMILES string of the molecule is CC(C)(CCl)C(=O)Nc1n[nH]c2c1CCN(Cc1ccccc1)C2. The van der Waals surface area contributed by atoms with Crippen LogP contribution in [0.15, 0.2) is 30.3 Å². The Morgan fingerprint density at radius 3 is 2.83 bits per heavy atom. The van der Waals surface area contributed by atoms with Crippen molar-refractivity contribution in [1.29, 1.82) is 0 Å². The summed E-state index contributed by atoms with van der Waals surface area (Å²) in [4.78, 5) is 14.7. The molecule has 0 radical (unpaired) electrons. The third-order valence-corrected chi connectivity index (χ3v) is 5.11. The molecular formula is C18H23ClN4O. The number of hydrogen-bond acceptors (Lipinski definition) is 3. The van der Waals surface area contributed by atoms with E-state index in [2.05, 4.69) is 44.7 Å². The Morgan fingerprint density at radius 1 is 1.38 bits per heavy atom. The first-order chi connectivity index (χ1) is 11.5. The van der Waals surface area contributed by atoms with Crippen LogP contribution in [0.4, 0.5) is 5.82 Å². The molecule has 0 saturated heterocycles. The van der Waals surface area contributed by atoms with Gasteiger partial charge in [0.15, 0.2) is 5.82 Å². The van der Waals surface area contributed by atoms with Crippen molar-refractivity contribution in [2.45, 2.75) is 33.4 Å². The highest BCUT2D eigenvalue weighted by molar-refractivity contribution is 6.20. The van der Waals surface area contributed by atoms with Gasteiger partial charge in [0.05, 0.1) is 11.1 Å². The highest BCUT2D eigenvalue weighted by Crippen LogP contribution is 2.27. The van der Waals surface area contributed by atoms with Gasteiger partial charge < -0.3 is 5.32 Å². The molecule has 24 heavy (non-hydrogen) atoms. The average molecular weight is 347 g/mol. The van der Waals surface area contributed by atoms with E-state index in [4.69, 9.17) is 11.6 Å². The van der Waals surface area contributed by atoms with Gasteiger partial charge >= 0.3 is 0 Å². The fourth-order valence-corrected chi connectivity index (χ4v) is 2.91. The van der Waals surface area contributed by atoms with Crippen LogP contribution in [0.5, 0.6) is 0 Å². The Hall–Kier alpha value is -1.85. The lowest BCUT2D eigenvalue weighted by Crippen LogP contribution is -2.33. The number of rotatable bonds is 5. The quantitative estimate of drug-likeness (QED) is 0.817. The summed E-state index contributed by atoms with van der Waals surface area (Å²) in [6.45, 7) is 6.33. The van der Waals surface area contributed by atoms with Crippen LogP contribution in [-0.2, 0) is 24.3 Å². The maximum atomic E-state index is 12.3. The van der Waals surface area contributed by atoms with Crippen LogP contribution >= 0.6 is 11.6 Å². The van der Waals surface area contributed by atoms with Crippen molar-refractivity contribution in [3.05, 3.63) is 47.2 Å². The van der Waals surface area contributed by atoms with Crippen LogP contribution in [0.3, 0.4) is 0 Å². The lowest BCUT2D eigenvalue weighted by Gasteiger charge is -2.27. The number of carbonyl (C=O) groups excluding carboxylic acids is 1. The van der Waals surface area contributed by atoms with Crippen molar-refractivity contribution < 1.29 is 4.79 Å². The van der Waals surface area contributed by atoms with E-state index in [1.807, 2.05) is 19.9 Å². The van der Waals surface area contributed by atoms with Gasteiger partial charge in [0.1, 0.15) is 0 Å². The molecule has 0 saturated carbocycles. The van der Waals surface area contributed by atoms with Crippen LogP contribution in [0.1, 0.15) is 30.7 Å². The van der Waals surface area contributed by atoms with E-state index in [0.29, 0.717) is 5.82 Å². The molecule has 128 valence electrons. The minimum absolute atomic E-state index is 0.0986. The van der Waals surface area contributed by atoms with Gasteiger partial charge in [-0.05, 0) is 25.8 Å². The van der Waals surface area contributed by atoms with Crippen LogP contribution < -0.4 is 5.32 Å². The smallest absolute Gasteiger partial charge is 0.232 e. The van der Waals surface area contributed by atoms with E-state index in [9.17, 15) is 4.79 Å². The number of aromatic nitrogens is 2. The molecule has 0 unspecified atom stereocenters. The van der Waals surface area contributed by atoms with Gasteiger partial charge in [-0.3, -0.25) is 14.8 Å². The van der Waals surface area contributed by atoms with Gasteiger partial charge in [0.25, 0.3) is 0 Å². The Morgan fingerprint density at radius 2 is 2.12 bits per heavy atom. The van der Waals surface area contributed by atoms with Gasteiger partial charge in [-0.1, -0.05) is 30.3 Å². The highest BCUT2D eigenvalue weighted by atomic mass is 35.5. The molecule has 0 aliphatic carbocycles. The number of halogens is 1. The van der Waals surface area contributed by atoms with Crippen molar-refractivity contribution in [1.82, 2.24) is 15.1 Å². The summed E-state index contributed by atoms with van der Waals surface area (Å²) < 4.78 is 0. The third kappa shape index (κ3) is 3.62. The van der Waals surface area contributed by atoms with Crippen molar-refractivity contribution >= 4 is 23.3 Å². The zero-order chi connectivity index (χ0) is 17.2. The molecule has 1 aliphatic rings. The van der Waals surface area contributed by atoms with Gasteiger partial charge in [-0.25, -0.2) is 0 Å².